The van der Waals surface area contributed by atoms with Crippen LogP contribution in [0.1, 0.15) is 30.6 Å². The number of carbonyl (C=O) groups excluding carboxylic acids is 1. The number of fused-ring (bicyclic) bond motifs is 5. The first-order valence-corrected chi connectivity index (χ1v) is 8.69. The molecule has 24 heavy (non-hydrogen) atoms. The molecule has 3 heterocycles. The number of para-hydroxylation sites is 1. The van der Waals surface area contributed by atoms with Crippen LogP contribution in [0.5, 0.6) is 0 Å². The summed E-state index contributed by atoms with van der Waals surface area (Å²) in [5.41, 5.74) is 3.61. The molecule has 0 amide bonds. The first-order valence-electron chi connectivity index (χ1n) is 8.69. The van der Waals surface area contributed by atoms with Gasteiger partial charge in [-0.25, -0.2) is 0 Å². The molecule has 0 aliphatic carbocycles. The summed E-state index contributed by atoms with van der Waals surface area (Å²) in [5.74, 6) is -0.311. The number of esters is 1. The summed E-state index contributed by atoms with van der Waals surface area (Å²) in [5, 5.41) is 11.3. The Bertz CT molecular complexity index is 767. The maximum Gasteiger partial charge on any atom is 0.310 e. The van der Waals surface area contributed by atoms with E-state index in [9.17, 15) is 9.90 Å². The van der Waals surface area contributed by atoms with Gasteiger partial charge in [0.1, 0.15) is 0 Å². The molecule has 4 rings (SSSR count). The number of aliphatic hydroxyl groups is 1. The number of nitrogens with zero attached hydrogens (tertiary/aromatic N) is 1. The Morgan fingerprint density at radius 2 is 2.21 bits per heavy atom. The van der Waals surface area contributed by atoms with Gasteiger partial charge in [-0.15, -0.1) is 0 Å². The van der Waals surface area contributed by atoms with Crippen molar-refractivity contribution in [3.8, 4) is 0 Å². The second-order valence-corrected chi connectivity index (χ2v) is 7.12. The van der Waals surface area contributed by atoms with Crippen molar-refractivity contribution in [2.75, 3.05) is 20.2 Å². The van der Waals surface area contributed by atoms with Gasteiger partial charge in [0.05, 0.1) is 25.2 Å². The lowest BCUT2D eigenvalue weighted by Gasteiger charge is -2.46. The van der Waals surface area contributed by atoms with E-state index in [4.69, 9.17) is 4.74 Å². The molecule has 1 aromatic carbocycles. The average Bonchev–Trinajstić information content (AvgIpc) is 2.98. The minimum absolute atomic E-state index is 0.0172. The topological polar surface area (TPSA) is 65.6 Å². The van der Waals surface area contributed by atoms with Gasteiger partial charge in [-0.1, -0.05) is 18.2 Å². The number of carbonyl (C=O) groups is 1. The summed E-state index contributed by atoms with van der Waals surface area (Å²) in [6, 6.07) is 8.35. The normalized spacial score (nSPS) is 28.2. The van der Waals surface area contributed by atoms with Crippen LogP contribution in [0.3, 0.4) is 0 Å². The molecule has 1 fully saturated rings. The molecular formula is C19H24N2O3. The van der Waals surface area contributed by atoms with Gasteiger partial charge in [0.15, 0.2) is 0 Å². The third-order valence-corrected chi connectivity index (χ3v) is 5.78. The van der Waals surface area contributed by atoms with Crippen LogP contribution in [-0.4, -0.2) is 47.3 Å². The van der Waals surface area contributed by atoms with E-state index in [-0.39, 0.29) is 23.8 Å². The Morgan fingerprint density at radius 1 is 1.42 bits per heavy atom. The maximum atomic E-state index is 12.5. The predicted molar refractivity (Wildman–Crippen MR) is 91.6 cm³/mol. The second-order valence-electron chi connectivity index (χ2n) is 7.12. The molecule has 1 saturated heterocycles. The number of ether oxygens (including phenoxy) is 1. The van der Waals surface area contributed by atoms with Gasteiger partial charge >= 0.3 is 5.97 Å². The number of rotatable bonds is 2. The molecule has 2 aliphatic heterocycles. The molecule has 4 atom stereocenters. The second kappa shape index (κ2) is 5.90. The third-order valence-electron chi connectivity index (χ3n) is 5.78. The van der Waals surface area contributed by atoms with Gasteiger partial charge in [0.2, 0.25) is 0 Å². The van der Waals surface area contributed by atoms with Crippen molar-refractivity contribution in [1.29, 1.82) is 0 Å². The van der Waals surface area contributed by atoms with Crippen molar-refractivity contribution in [2.24, 2.45) is 11.8 Å². The fourth-order valence-electron chi connectivity index (χ4n) is 4.54. The number of hydrogen-bond donors (Lipinski definition) is 2. The van der Waals surface area contributed by atoms with E-state index in [1.54, 1.807) is 0 Å². The number of H-pyrrole nitrogens is 1. The zero-order chi connectivity index (χ0) is 16.8. The number of hydrogen-bond acceptors (Lipinski definition) is 4. The van der Waals surface area contributed by atoms with Gasteiger partial charge in [0, 0.05) is 29.7 Å². The van der Waals surface area contributed by atoms with Crippen LogP contribution in [-0.2, 0) is 16.0 Å². The molecule has 2 N–H and O–H groups in total. The zero-order valence-corrected chi connectivity index (χ0v) is 14.2. The fourth-order valence-corrected chi connectivity index (χ4v) is 4.54. The quantitative estimate of drug-likeness (QED) is 0.830. The number of benzene rings is 1. The van der Waals surface area contributed by atoms with Crippen LogP contribution >= 0.6 is 0 Å². The minimum atomic E-state index is -0.415. The van der Waals surface area contributed by atoms with Crippen LogP contribution in [0.2, 0.25) is 0 Å². The molecule has 5 nitrogen and oxygen atoms in total. The summed E-state index contributed by atoms with van der Waals surface area (Å²) in [4.78, 5) is 18.4. The van der Waals surface area contributed by atoms with E-state index < -0.39 is 6.10 Å². The summed E-state index contributed by atoms with van der Waals surface area (Å²) >= 11 is 0. The van der Waals surface area contributed by atoms with Crippen LogP contribution in [0, 0.1) is 11.8 Å². The third kappa shape index (κ3) is 2.34. The van der Waals surface area contributed by atoms with Crippen molar-refractivity contribution in [3.05, 3.63) is 35.5 Å². The van der Waals surface area contributed by atoms with Crippen molar-refractivity contribution in [2.45, 2.75) is 31.9 Å². The Labute approximate surface area is 141 Å². The molecular weight excluding hydrogens is 304 g/mol. The van der Waals surface area contributed by atoms with E-state index >= 15 is 0 Å². The van der Waals surface area contributed by atoms with Crippen molar-refractivity contribution in [1.82, 2.24) is 9.88 Å². The average molecular weight is 328 g/mol. The van der Waals surface area contributed by atoms with E-state index in [0.29, 0.717) is 6.42 Å². The molecule has 0 saturated carbocycles. The van der Waals surface area contributed by atoms with Crippen LogP contribution in [0.15, 0.2) is 24.3 Å². The number of methoxy groups -OCH3 is 1. The molecule has 128 valence electrons. The monoisotopic (exact) mass is 328 g/mol. The van der Waals surface area contributed by atoms with Gasteiger partial charge in [-0.05, 0) is 37.3 Å². The fraction of sp³-hybridized carbons (Fsp3) is 0.526. The zero-order valence-electron chi connectivity index (χ0n) is 14.2. The SMILES string of the molecule is COC(=O)[C@@H]1C[C@@H]([C@@H](C)O)CN2CCc3c([nH]c4ccccc34)[C@@H]12. The maximum absolute atomic E-state index is 12.5. The standard InChI is InChI=1S/C19H24N2O3/c1-11(22)12-9-15(19(23)24-2)18-17-14(7-8-21(18)10-12)13-5-3-4-6-16(13)20-17/h3-6,11-12,15,18,20,22H,7-10H2,1-2H3/t11-,12-,15-,18-/m1/s1. The van der Waals surface area contributed by atoms with E-state index in [0.717, 1.165) is 30.7 Å². The van der Waals surface area contributed by atoms with Gasteiger partial charge in [0.25, 0.3) is 0 Å². The van der Waals surface area contributed by atoms with Crippen LogP contribution < -0.4 is 0 Å². The van der Waals surface area contributed by atoms with Gasteiger partial charge in [-0.2, -0.15) is 0 Å². The van der Waals surface area contributed by atoms with E-state index in [1.807, 2.05) is 13.0 Å². The Morgan fingerprint density at radius 3 is 2.96 bits per heavy atom. The molecule has 2 aromatic rings. The molecule has 0 spiro atoms. The lowest BCUT2D eigenvalue weighted by molar-refractivity contribution is -0.152. The number of piperidine rings is 1. The molecule has 0 radical (unpaired) electrons. The lowest BCUT2D eigenvalue weighted by Crippen LogP contribution is -2.51. The Hall–Kier alpha value is -1.85. The van der Waals surface area contributed by atoms with Crippen molar-refractivity contribution >= 4 is 16.9 Å². The number of aromatic amines is 1. The number of aliphatic hydroxyl groups excluding tert-OH is 1. The van der Waals surface area contributed by atoms with E-state index in [2.05, 4.69) is 28.1 Å². The molecule has 5 heteroatoms. The first-order chi connectivity index (χ1) is 11.6. The lowest BCUT2D eigenvalue weighted by atomic mass is 9.77. The Kier molecular flexibility index (Phi) is 3.85. The number of aromatic nitrogens is 1. The molecule has 2 aliphatic rings. The molecule has 0 bridgehead atoms. The minimum Gasteiger partial charge on any atom is -0.469 e. The van der Waals surface area contributed by atoms with Gasteiger partial charge in [-0.3, -0.25) is 9.69 Å². The van der Waals surface area contributed by atoms with Crippen molar-refractivity contribution in [3.63, 3.8) is 0 Å². The molecule has 1 aromatic heterocycles. The highest BCUT2D eigenvalue weighted by Gasteiger charge is 2.45. The Balaban J connectivity index is 1.80. The predicted octanol–water partition coefficient (Wildman–Crippen LogP) is 2.26. The summed E-state index contributed by atoms with van der Waals surface area (Å²) in [6.45, 7) is 3.55. The summed E-state index contributed by atoms with van der Waals surface area (Å²) < 4.78 is 5.09. The summed E-state index contributed by atoms with van der Waals surface area (Å²) in [6.07, 6.45) is 1.22. The van der Waals surface area contributed by atoms with Crippen LogP contribution in [0.4, 0.5) is 0 Å². The highest BCUT2D eigenvalue weighted by atomic mass is 16.5. The largest absolute Gasteiger partial charge is 0.469 e. The van der Waals surface area contributed by atoms with E-state index in [1.165, 1.54) is 18.1 Å². The first kappa shape index (κ1) is 15.7. The van der Waals surface area contributed by atoms with Crippen LogP contribution in [0.25, 0.3) is 10.9 Å². The summed E-state index contributed by atoms with van der Waals surface area (Å²) in [7, 11) is 1.45. The number of nitrogens with one attached hydrogen (secondary N) is 1. The molecule has 0 unspecified atom stereocenters. The smallest absolute Gasteiger partial charge is 0.310 e. The highest BCUT2D eigenvalue weighted by molar-refractivity contribution is 5.85. The van der Waals surface area contributed by atoms with Gasteiger partial charge < -0.3 is 14.8 Å². The van der Waals surface area contributed by atoms with Crippen molar-refractivity contribution < 1.29 is 14.6 Å². The highest BCUT2D eigenvalue weighted by Crippen LogP contribution is 2.44.